The summed E-state index contributed by atoms with van der Waals surface area (Å²) < 4.78 is 22.2. The number of ketones is 1. The molecule has 0 radical (unpaired) electrons. The third-order valence-electron chi connectivity index (χ3n) is 6.07. The Labute approximate surface area is 197 Å². The molecule has 1 atom stereocenters. The van der Waals surface area contributed by atoms with Crippen molar-refractivity contribution in [3.63, 3.8) is 0 Å². The number of Topliss-reactive ketones (excluding diaryl/α,β-unsaturated/α-hetero) is 1. The zero-order chi connectivity index (χ0) is 23.6. The van der Waals surface area contributed by atoms with Crippen LogP contribution in [0, 0.1) is 0 Å². The topological polar surface area (TPSA) is 60.5 Å². The van der Waals surface area contributed by atoms with E-state index in [2.05, 4.69) is 34.1 Å². The van der Waals surface area contributed by atoms with E-state index in [1.165, 1.54) is 5.56 Å². The molecule has 0 bridgehead atoms. The predicted molar refractivity (Wildman–Crippen MR) is 129 cm³/mol. The average molecular weight is 457 g/mol. The maximum Gasteiger partial charge on any atom is 0.203 e. The van der Waals surface area contributed by atoms with Crippen molar-refractivity contribution in [3.05, 3.63) is 53.6 Å². The van der Waals surface area contributed by atoms with Crippen molar-refractivity contribution < 1.29 is 23.7 Å². The van der Waals surface area contributed by atoms with Crippen molar-refractivity contribution in [1.29, 1.82) is 0 Å². The number of benzene rings is 2. The summed E-state index contributed by atoms with van der Waals surface area (Å²) in [5.74, 6) is 1.54. The number of hydrogen-bond acceptors (Lipinski definition) is 7. The first-order chi connectivity index (χ1) is 16.1. The molecule has 1 saturated heterocycles. The van der Waals surface area contributed by atoms with E-state index in [1.54, 1.807) is 33.5 Å². The van der Waals surface area contributed by atoms with Gasteiger partial charge in [0, 0.05) is 57.7 Å². The first-order valence-corrected chi connectivity index (χ1v) is 11.5. The molecule has 3 rings (SSSR count). The summed E-state index contributed by atoms with van der Waals surface area (Å²) in [4.78, 5) is 17.6. The summed E-state index contributed by atoms with van der Waals surface area (Å²) in [6.45, 7) is 7.15. The van der Waals surface area contributed by atoms with Gasteiger partial charge >= 0.3 is 0 Å². The van der Waals surface area contributed by atoms with E-state index in [9.17, 15) is 4.79 Å². The molecule has 0 amide bonds. The van der Waals surface area contributed by atoms with E-state index in [4.69, 9.17) is 18.9 Å². The van der Waals surface area contributed by atoms with Crippen LogP contribution in [0.4, 0.5) is 0 Å². The van der Waals surface area contributed by atoms with Crippen LogP contribution in [0.1, 0.15) is 29.3 Å². The monoisotopic (exact) mass is 456 g/mol. The summed E-state index contributed by atoms with van der Waals surface area (Å²) in [6.07, 6.45) is 1.41. The van der Waals surface area contributed by atoms with Gasteiger partial charge in [0.25, 0.3) is 0 Å². The Morgan fingerprint density at radius 1 is 0.939 bits per heavy atom. The Morgan fingerprint density at radius 2 is 1.58 bits per heavy atom. The minimum absolute atomic E-state index is 0.0629. The lowest BCUT2D eigenvalue weighted by molar-refractivity contribution is -0.0711. The van der Waals surface area contributed by atoms with Gasteiger partial charge in [0.05, 0.1) is 21.3 Å². The van der Waals surface area contributed by atoms with E-state index in [-0.39, 0.29) is 12.0 Å². The molecule has 2 aromatic carbocycles. The lowest BCUT2D eigenvalue weighted by atomic mass is 10.1. The summed E-state index contributed by atoms with van der Waals surface area (Å²) in [5.41, 5.74) is 1.86. The Morgan fingerprint density at radius 3 is 2.12 bits per heavy atom. The number of methoxy groups -OCH3 is 3. The van der Waals surface area contributed by atoms with Gasteiger partial charge in [-0.1, -0.05) is 30.3 Å². The van der Waals surface area contributed by atoms with Gasteiger partial charge in [0.1, 0.15) is 6.23 Å². The average Bonchev–Trinajstić information content (AvgIpc) is 2.87. The van der Waals surface area contributed by atoms with E-state index in [0.717, 1.165) is 39.1 Å². The van der Waals surface area contributed by atoms with Gasteiger partial charge < -0.3 is 23.8 Å². The van der Waals surface area contributed by atoms with Crippen LogP contribution in [0.25, 0.3) is 0 Å². The van der Waals surface area contributed by atoms with Crippen molar-refractivity contribution in [3.8, 4) is 17.2 Å². The first kappa shape index (κ1) is 25.0. The van der Waals surface area contributed by atoms with Gasteiger partial charge in [0.2, 0.25) is 5.75 Å². The fourth-order valence-corrected chi connectivity index (χ4v) is 4.22. The smallest absolute Gasteiger partial charge is 0.203 e. The van der Waals surface area contributed by atoms with Crippen LogP contribution in [-0.2, 0) is 11.2 Å². The SMILES string of the molecule is CCOC(Cc1ccccc1)N1CCN(CCC(=O)c2cc(OC)c(OC)c(OC)c2)CC1. The lowest BCUT2D eigenvalue weighted by Crippen LogP contribution is -2.52. The van der Waals surface area contributed by atoms with Gasteiger partial charge in [-0.25, -0.2) is 0 Å². The fraction of sp³-hybridized carbons (Fsp3) is 0.500. The van der Waals surface area contributed by atoms with Crippen LogP contribution in [0.5, 0.6) is 17.2 Å². The zero-order valence-electron chi connectivity index (χ0n) is 20.2. The second-order valence-electron chi connectivity index (χ2n) is 8.06. The molecule has 7 heteroatoms. The zero-order valence-corrected chi connectivity index (χ0v) is 20.2. The second kappa shape index (κ2) is 12.6. The van der Waals surface area contributed by atoms with Crippen LogP contribution in [0.3, 0.4) is 0 Å². The molecule has 1 aliphatic rings. The van der Waals surface area contributed by atoms with Crippen molar-refractivity contribution in [1.82, 2.24) is 9.80 Å². The Balaban J connectivity index is 1.53. The normalized spacial score (nSPS) is 15.8. The largest absolute Gasteiger partial charge is 0.493 e. The minimum atomic E-state index is 0.0629. The maximum atomic E-state index is 12.9. The van der Waals surface area contributed by atoms with E-state index >= 15 is 0 Å². The third kappa shape index (κ3) is 6.69. The van der Waals surface area contributed by atoms with Crippen molar-refractivity contribution in [2.24, 2.45) is 0 Å². The minimum Gasteiger partial charge on any atom is -0.493 e. The fourth-order valence-electron chi connectivity index (χ4n) is 4.22. The lowest BCUT2D eigenvalue weighted by Gasteiger charge is -2.39. The molecular weight excluding hydrogens is 420 g/mol. The molecule has 1 fully saturated rings. The molecule has 1 heterocycles. The van der Waals surface area contributed by atoms with Crippen LogP contribution in [0.2, 0.25) is 0 Å². The molecule has 0 aliphatic carbocycles. The number of hydrogen-bond donors (Lipinski definition) is 0. The number of carbonyl (C=O) groups is 1. The van der Waals surface area contributed by atoms with Gasteiger partial charge in [-0.05, 0) is 24.6 Å². The molecule has 0 saturated carbocycles. The van der Waals surface area contributed by atoms with Crippen molar-refractivity contribution >= 4 is 5.78 Å². The Hall–Kier alpha value is -2.61. The molecule has 7 nitrogen and oxygen atoms in total. The summed E-state index contributed by atoms with van der Waals surface area (Å²) in [5, 5.41) is 0. The Kier molecular flexibility index (Phi) is 9.54. The summed E-state index contributed by atoms with van der Waals surface area (Å²) in [7, 11) is 4.66. The summed E-state index contributed by atoms with van der Waals surface area (Å²) in [6, 6.07) is 13.9. The molecule has 1 unspecified atom stereocenters. The molecule has 0 N–H and O–H groups in total. The quantitative estimate of drug-likeness (QED) is 0.453. The van der Waals surface area contributed by atoms with E-state index in [0.29, 0.717) is 35.8 Å². The van der Waals surface area contributed by atoms with E-state index < -0.39 is 0 Å². The standard InChI is InChI=1S/C26H36N2O5/c1-5-33-25(17-20-9-7-6-8-10-20)28-15-13-27(14-16-28)12-11-22(29)21-18-23(30-2)26(32-4)24(19-21)31-3/h6-10,18-19,25H,5,11-17H2,1-4H3. The van der Waals surface area contributed by atoms with Crippen LogP contribution in [0.15, 0.2) is 42.5 Å². The predicted octanol–water partition coefficient (Wildman–Crippen LogP) is 3.51. The first-order valence-electron chi connectivity index (χ1n) is 11.5. The maximum absolute atomic E-state index is 12.9. The third-order valence-corrected chi connectivity index (χ3v) is 6.07. The molecule has 0 spiro atoms. The molecule has 2 aromatic rings. The van der Waals surface area contributed by atoms with Crippen LogP contribution >= 0.6 is 0 Å². The highest BCUT2D eigenvalue weighted by Gasteiger charge is 2.25. The highest BCUT2D eigenvalue weighted by atomic mass is 16.5. The van der Waals surface area contributed by atoms with Crippen LogP contribution in [-0.4, -0.2) is 82.5 Å². The number of ether oxygens (including phenoxy) is 4. The highest BCUT2D eigenvalue weighted by molar-refractivity contribution is 5.97. The van der Waals surface area contributed by atoms with Gasteiger partial charge in [0.15, 0.2) is 17.3 Å². The van der Waals surface area contributed by atoms with Gasteiger partial charge in [-0.2, -0.15) is 0 Å². The van der Waals surface area contributed by atoms with Crippen LogP contribution < -0.4 is 14.2 Å². The highest BCUT2D eigenvalue weighted by Crippen LogP contribution is 2.38. The second-order valence-corrected chi connectivity index (χ2v) is 8.06. The van der Waals surface area contributed by atoms with Gasteiger partial charge in [-0.3, -0.25) is 9.69 Å². The Bertz CT molecular complexity index is 857. The molecule has 33 heavy (non-hydrogen) atoms. The van der Waals surface area contributed by atoms with Gasteiger partial charge in [-0.15, -0.1) is 0 Å². The molecular formula is C26H36N2O5. The summed E-state index contributed by atoms with van der Waals surface area (Å²) >= 11 is 0. The number of piperazine rings is 1. The van der Waals surface area contributed by atoms with Crippen molar-refractivity contribution in [2.45, 2.75) is 26.0 Å². The number of rotatable bonds is 12. The molecule has 0 aromatic heterocycles. The molecule has 180 valence electrons. The number of carbonyl (C=O) groups excluding carboxylic acids is 1. The molecule has 1 aliphatic heterocycles. The van der Waals surface area contributed by atoms with E-state index in [1.807, 2.05) is 13.0 Å². The van der Waals surface area contributed by atoms with Crippen molar-refractivity contribution in [2.75, 3.05) is 60.7 Å². The number of nitrogens with zero attached hydrogens (tertiary/aromatic N) is 2.